The fourth-order valence-corrected chi connectivity index (χ4v) is 18.6. The Morgan fingerprint density at radius 1 is 0.153 bits per heavy atom. The molecule has 0 amide bonds. The molecule has 4 aromatic heterocycles. The third-order valence-corrected chi connectivity index (χ3v) is 23.0. The van der Waals surface area contributed by atoms with Crippen LogP contribution in [0.1, 0.15) is 0 Å². The minimum Gasteiger partial charge on any atom is -0.310 e. The van der Waals surface area contributed by atoms with Crippen LogP contribution in [0.25, 0.3) is 91.8 Å². The molecule has 0 saturated heterocycles. The smallest absolute Gasteiger partial charge is 0.0554 e. The number of nitrogens with zero attached hydrogens (tertiary/aromatic N) is 4. The Bertz CT molecular complexity index is 6030. The van der Waals surface area contributed by atoms with Crippen molar-refractivity contribution >= 4 is 194 Å². The molecule has 0 spiro atoms. The summed E-state index contributed by atoms with van der Waals surface area (Å²) in [4.78, 5) is 9.54. The summed E-state index contributed by atoms with van der Waals surface area (Å²) in [5.41, 5.74) is 16.2. The lowest BCUT2D eigenvalue weighted by atomic mass is 10.0. The lowest BCUT2D eigenvalue weighted by Gasteiger charge is -2.27. The lowest BCUT2D eigenvalue weighted by molar-refractivity contribution is 1.30. The largest absolute Gasteiger partial charge is 0.310 e. The molecule has 0 bridgehead atoms. The van der Waals surface area contributed by atoms with Crippen molar-refractivity contribution in [3.8, 4) is 11.1 Å². The predicted molar refractivity (Wildman–Crippen MR) is 429 cm³/mol. The molecule has 4 nitrogen and oxygen atoms in total. The van der Waals surface area contributed by atoms with Gasteiger partial charge in [0.1, 0.15) is 0 Å². The van der Waals surface area contributed by atoms with Crippen molar-refractivity contribution < 1.29 is 0 Å². The Morgan fingerprint density at radius 2 is 0.408 bits per heavy atom. The molecule has 0 aliphatic carbocycles. The summed E-state index contributed by atoms with van der Waals surface area (Å²) in [6.45, 7) is 0. The molecule has 0 unspecified atom stereocenters. The van der Waals surface area contributed by atoms with Gasteiger partial charge in [-0.3, -0.25) is 0 Å². The Labute approximate surface area is 584 Å². The first-order valence-corrected chi connectivity index (χ1v) is 36.2. The summed E-state index contributed by atoms with van der Waals surface area (Å²) in [5, 5.41) is 10.3. The summed E-state index contributed by atoms with van der Waals surface area (Å²) in [7, 11) is 0. The Hall–Kier alpha value is -11.6. The molecule has 4 heterocycles. The molecule has 0 aliphatic rings. The van der Waals surface area contributed by atoms with Gasteiger partial charge in [0.15, 0.2) is 0 Å². The van der Waals surface area contributed by atoms with E-state index in [2.05, 4.69) is 384 Å². The first-order chi connectivity index (χ1) is 48.6. The minimum atomic E-state index is 1.13. The maximum absolute atomic E-state index is 2.40. The van der Waals surface area contributed by atoms with Crippen LogP contribution in [0.4, 0.5) is 68.2 Å². The van der Waals surface area contributed by atoms with Crippen molar-refractivity contribution in [2.24, 2.45) is 0 Å². The predicted octanol–water partition coefficient (Wildman–Crippen LogP) is 28.4. The fourth-order valence-electron chi connectivity index (χ4n) is 14.0. The van der Waals surface area contributed by atoms with E-state index in [0.29, 0.717) is 0 Å². The van der Waals surface area contributed by atoms with Crippen molar-refractivity contribution in [1.29, 1.82) is 0 Å². The van der Waals surface area contributed by atoms with E-state index in [1.165, 1.54) is 103 Å². The van der Waals surface area contributed by atoms with Gasteiger partial charge in [-0.05, 0) is 169 Å². The van der Waals surface area contributed by atoms with Crippen LogP contribution in [0.3, 0.4) is 0 Å². The minimum absolute atomic E-state index is 1.13. The number of benzene rings is 15. The van der Waals surface area contributed by atoms with Crippen molar-refractivity contribution in [3.63, 3.8) is 0 Å². The van der Waals surface area contributed by atoms with E-state index >= 15 is 0 Å². The zero-order valence-corrected chi connectivity index (χ0v) is 56.3. The number of fused-ring (bicyclic) bond motifs is 12. The van der Waals surface area contributed by atoms with Crippen LogP contribution in [0, 0.1) is 0 Å². The first kappa shape index (κ1) is 58.9. The van der Waals surface area contributed by atoms with Crippen LogP contribution >= 0.6 is 45.3 Å². The SMILES string of the molecule is c1ccc(-c2ccc(N(c3ccccc3)c3cccc4sc5cc(N(c6ccccc6)c6ccc7c(c6)sc6ccccc67)ccc5c34)cc2)cc1.c1ccc(N(c2ccc3c(c2)sc2ccccc23)c2ccc3c(c2)sc2cccc(N(c4ccccc4)c4ccccc4)c23)cc1. The van der Waals surface area contributed by atoms with Gasteiger partial charge < -0.3 is 19.6 Å². The average Bonchev–Trinajstić information content (AvgIpc) is 1.55. The zero-order valence-electron chi connectivity index (χ0n) is 53.1. The summed E-state index contributed by atoms with van der Waals surface area (Å²) < 4.78 is 10.3. The standard InChI is InChI=1S/C48H32N2S2.C42H28N2S2/c1-4-13-33(14-5-1)34-23-25-37(26-24-34)50(36-17-8-3-9-18-36)43-20-12-22-45-48(43)42-30-28-39(32-47(42)52-45)49(35-15-6-2-7-16-35)38-27-29-41-40-19-10-11-21-44(40)51-46(41)31-38;1-4-13-29(14-5-1)43(32-23-25-35-34-19-10-11-21-38(34)45-40(35)27-32)33-24-26-36-41(28-33)46-39-22-12-20-37(42(36)39)44(30-15-6-2-7-16-30)31-17-8-3-9-18-31/h1-32H;1-28H. The number of hydrogen-bond donors (Lipinski definition) is 0. The summed E-state index contributed by atoms with van der Waals surface area (Å²) >= 11 is 7.44. The Morgan fingerprint density at radius 3 is 0.786 bits per heavy atom. The highest BCUT2D eigenvalue weighted by molar-refractivity contribution is 7.27. The van der Waals surface area contributed by atoms with Crippen LogP contribution < -0.4 is 19.6 Å². The fraction of sp³-hybridized carbons (Fsp3) is 0. The Balaban J connectivity index is 0.000000143. The Kier molecular flexibility index (Phi) is 15.3. The average molecular weight is 1330 g/mol. The highest BCUT2D eigenvalue weighted by Gasteiger charge is 2.24. The second kappa shape index (κ2) is 25.5. The maximum atomic E-state index is 2.40. The van der Waals surface area contributed by atoms with E-state index in [1.54, 1.807) is 0 Å². The van der Waals surface area contributed by atoms with Crippen molar-refractivity contribution in [2.75, 3.05) is 19.6 Å². The molecule has 0 saturated carbocycles. The summed E-state index contributed by atoms with van der Waals surface area (Å²) in [5.74, 6) is 0. The van der Waals surface area contributed by atoms with E-state index in [0.717, 1.165) is 56.9 Å². The highest BCUT2D eigenvalue weighted by atomic mass is 32.1. The second-order valence-electron chi connectivity index (χ2n) is 24.4. The van der Waals surface area contributed by atoms with Gasteiger partial charge >= 0.3 is 0 Å². The molecule has 0 N–H and O–H groups in total. The number of rotatable bonds is 13. The number of para-hydroxylation sites is 5. The van der Waals surface area contributed by atoms with E-state index in [4.69, 9.17) is 0 Å². The van der Waals surface area contributed by atoms with E-state index in [1.807, 2.05) is 45.3 Å². The van der Waals surface area contributed by atoms with Crippen LogP contribution in [-0.2, 0) is 0 Å². The van der Waals surface area contributed by atoms with Gasteiger partial charge in [0.05, 0.1) is 11.4 Å². The topological polar surface area (TPSA) is 13.0 Å². The molecule has 98 heavy (non-hydrogen) atoms. The molecular formula is C90H60N4S4. The number of anilines is 12. The van der Waals surface area contributed by atoms with Gasteiger partial charge in [-0.15, -0.1) is 45.3 Å². The van der Waals surface area contributed by atoms with Crippen LogP contribution in [0.2, 0.25) is 0 Å². The van der Waals surface area contributed by atoms with Gasteiger partial charge in [-0.1, -0.05) is 206 Å². The molecule has 19 rings (SSSR count). The monoisotopic (exact) mass is 1320 g/mol. The normalized spacial score (nSPS) is 11.5. The highest BCUT2D eigenvalue weighted by Crippen LogP contribution is 2.50. The number of hydrogen-bond acceptors (Lipinski definition) is 8. The maximum Gasteiger partial charge on any atom is 0.0554 e. The second-order valence-corrected chi connectivity index (χ2v) is 28.7. The number of thiophene rings is 4. The van der Waals surface area contributed by atoms with Gasteiger partial charge in [0, 0.05) is 138 Å². The van der Waals surface area contributed by atoms with E-state index in [9.17, 15) is 0 Å². The van der Waals surface area contributed by atoms with E-state index in [-0.39, 0.29) is 0 Å². The molecule has 8 heteroatoms. The molecule has 464 valence electrons. The third kappa shape index (κ3) is 10.9. The third-order valence-electron chi connectivity index (χ3n) is 18.5. The van der Waals surface area contributed by atoms with E-state index < -0.39 is 0 Å². The zero-order chi connectivity index (χ0) is 64.9. The molecule has 0 fully saturated rings. The quantitative estimate of drug-likeness (QED) is 0.114. The van der Waals surface area contributed by atoms with Crippen LogP contribution in [0.5, 0.6) is 0 Å². The van der Waals surface area contributed by atoms with Gasteiger partial charge in [-0.25, -0.2) is 0 Å². The molecule has 0 aliphatic heterocycles. The molecule has 19 aromatic rings. The van der Waals surface area contributed by atoms with Crippen molar-refractivity contribution in [3.05, 3.63) is 364 Å². The first-order valence-electron chi connectivity index (χ1n) is 32.9. The molecule has 0 radical (unpaired) electrons. The van der Waals surface area contributed by atoms with Crippen molar-refractivity contribution in [1.82, 2.24) is 0 Å². The molecule has 15 aromatic carbocycles. The van der Waals surface area contributed by atoms with Gasteiger partial charge in [0.2, 0.25) is 0 Å². The molecule has 0 atom stereocenters. The summed E-state index contributed by atoms with van der Waals surface area (Å²) in [6, 6.07) is 132. The van der Waals surface area contributed by atoms with Crippen molar-refractivity contribution in [2.45, 2.75) is 0 Å². The van der Waals surface area contributed by atoms with Crippen LogP contribution in [-0.4, -0.2) is 0 Å². The van der Waals surface area contributed by atoms with Gasteiger partial charge in [0.25, 0.3) is 0 Å². The van der Waals surface area contributed by atoms with Gasteiger partial charge in [-0.2, -0.15) is 0 Å². The molecular weight excluding hydrogens is 1270 g/mol. The van der Waals surface area contributed by atoms with Crippen LogP contribution in [0.15, 0.2) is 364 Å². The summed E-state index contributed by atoms with van der Waals surface area (Å²) in [6.07, 6.45) is 0. The lowest BCUT2D eigenvalue weighted by Crippen LogP contribution is -2.10.